The Balaban J connectivity index is 1.36. The number of amides is 3. The average molecular weight is 341 g/mol. The van der Waals surface area contributed by atoms with E-state index >= 15 is 0 Å². The van der Waals surface area contributed by atoms with Gasteiger partial charge in [-0.3, -0.25) is 4.79 Å². The maximum Gasteiger partial charge on any atom is 0.317 e. The smallest absolute Gasteiger partial charge is 0.317 e. The van der Waals surface area contributed by atoms with Crippen molar-refractivity contribution in [3.05, 3.63) is 60.1 Å². The zero-order valence-electron chi connectivity index (χ0n) is 14.1. The van der Waals surface area contributed by atoms with Crippen LogP contribution < -0.4 is 10.6 Å². The molecular weight excluding hydrogens is 318 g/mol. The molecule has 2 heterocycles. The van der Waals surface area contributed by atoms with E-state index < -0.39 is 0 Å². The van der Waals surface area contributed by atoms with Crippen LogP contribution in [0.5, 0.6) is 0 Å². The monoisotopic (exact) mass is 341 g/mol. The fraction of sp³-hybridized carbons (Fsp3) is 0.368. The molecule has 1 fully saturated rings. The zero-order chi connectivity index (χ0) is 17.5. The summed E-state index contributed by atoms with van der Waals surface area (Å²) in [6.45, 7) is 1.76. The maximum atomic E-state index is 12.2. The first-order chi connectivity index (χ1) is 12.2. The molecule has 0 saturated carbocycles. The average Bonchev–Trinajstić information content (AvgIpc) is 3.30. The number of carbonyl (C=O) groups is 2. The molecule has 0 bridgehead atoms. The zero-order valence-corrected chi connectivity index (χ0v) is 14.1. The number of likely N-dealkylation sites (tertiary alicyclic amines) is 1. The molecule has 0 spiro atoms. The number of benzene rings is 1. The standard InChI is InChI=1S/C19H23N3O3/c23-18(20-12-17-7-4-10-25-17)13-21-19(24)22-9-8-16(14-22)11-15-5-2-1-3-6-15/h1-7,10,16H,8-9,11-14H2,(H,20,23)(H,21,24). The van der Waals surface area contributed by atoms with Gasteiger partial charge in [-0.25, -0.2) is 4.79 Å². The summed E-state index contributed by atoms with van der Waals surface area (Å²) < 4.78 is 5.14. The third kappa shape index (κ3) is 5.11. The van der Waals surface area contributed by atoms with Crippen LogP contribution in [0.1, 0.15) is 17.7 Å². The van der Waals surface area contributed by atoms with Gasteiger partial charge in [0.15, 0.2) is 0 Å². The quantitative estimate of drug-likeness (QED) is 0.846. The Labute approximate surface area is 147 Å². The lowest BCUT2D eigenvalue weighted by molar-refractivity contribution is -0.120. The molecule has 1 aromatic heterocycles. The van der Waals surface area contributed by atoms with Crippen LogP contribution in [0.3, 0.4) is 0 Å². The predicted molar refractivity (Wildman–Crippen MR) is 93.8 cm³/mol. The topological polar surface area (TPSA) is 74.6 Å². The molecule has 3 amide bonds. The first kappa shape index (κ1) is 17.1. The van der Waals surface area contributed by atoms with E-state index in [1.165, 1.54) is 5.56 Å². The minimum Gasteiger partial charge on any atom is -0.467 e. The van der Waals surface area contributed by atoms with Gasteiger partial charge in [0.05, 0.1) is 19.4 Å². The molecule has 3 rings (SSSR count). The summed E-state index contributed by atoms with van der Waals surface area (Å²) in [7, 11) is 0. The molecule has 1 aliphatic rings. The molecule has 25 heavy (non-hydrogen) atoms. The van der Waals surface area contributed by atoms with Crippen molar-refractivity contribution >= 4 is 11.9 Å². The highest BCUT2D eigenvalue weighted by Crippen LogP contribution is 2.20. The van der Waals surface area contributed by atoms with Crippen LogP contribution >= 0.6 is 0 Å². The van der Waals surface area contributed by atoms with Crippen molar-refractivity contribution in [2.24, 2.45) is 5.92 Å². The second-order valence-electron chi connectivity index (χ2n) is 6.31. The van der Waals surface area contributed by atoms with E-state index in [-0.39, 0.29) is 18.5 Å². The second kappa shape index (κ2) is 8.37. The van der Waals surface area contributed by atoms with E-state index in [0.29, 0.717) is 18.2 Å². The van der Waals surface area contributed by atoms with E-state index in [9.17, 15) is 9.59 Å². The Morgan fingerprint density at radius 3 is 2.72 bits per heavy atom. The number of furan rings is 1. The van der Waals surface area contributed by atoms with Crippen LogP contribution in [-0.4, -0.2) is 36.5 Å². The van der Waals surface area contributed by atoms with Crippen LogP contribution in [0.25, 0.3) is 0 Å². The number of hydrogen-bond acceptors (Lipinski definition) is 3. The number of hydrogen-bond donors (Lipinski definition) is 2. The summed E-state index contributed by atoms with van der Waals surface area (Å²) in [5.74, 6) is 0.925. The number of rotatable bonds is 6. The number of carbonyl (C=O) groups excluding carboxylic acids is 2. The lowest BCUT2D eigenvalue weighted by Crippen LogP contribution is -2.43. The van der Waals surface area contributed by atoms with Crippen molar-refractivity contribution in [3.63, 3.8) is 0 Å². The molecule has 0 aliphatic carbocycles. The minimum atomic E-state index is -0.232. The van der Waals surface area contributed by atoms with Gasteiger partial charge in [0.1, 0.15) is 5.76 Å². The van der Waals surface area contributed by atoms with Crippen molar-refractivity contribution in [1.82, 2.24) is 15.5 Å². The van der Waals surface area contributed by atoms with Gasteiger partial charge in [-0.15, -0.1) is 0 Å². The summed E-state index contributed by atoms with van der Waals surface area (Å²) in [5.41, 5.74) is 1.30. The van der Waals surface area contributed by atoms with Gasteiger partial charge >= 0.3 is 6.03 Å². The molecule has 132 valence electrons. The second-order valence-corrected chi connectivity index (χ2v) is 6.31. The van der Waals surface area contributed by atoms with Crippen molar-refractivity contribution in [3.8, 4) is 0 Å². The van der Waals surface area contributed by atoms with E-state index in [2.05, 4.69) is 22.8 Å². The summed E-state index contributed by atoms with van der Waals surface area (Å²) in [5, 5.41) is 5.39. The summed E-state index contributed by atoms with van der Waals surface area (Å²) >= 11 is 0. The molecule has 1 saturated heterocycles. The highest BCUT2D eigenvalue weighted by Gasteiger charge is 2.26. The van der Waals surface area contributed by atoms with Crippen molar-refractivity contribution in [2.75, 3.05) is 19.6 Å². The highest BCUT2D eigenvalue weighted by atomic mass is 16.3. The molecule has 1 atom stereocenters. The minimum absolute atomic E-state index is 0.0284. The number of nitrogens with one attached hydrogen (secondary N) is 2. The van der Waals surface area contributed by atoms with Crippen LogP contribution in [-0.2, 0) is 17.8 Å². The van der Waals surface area contributed by atoms with Crippen molar-refractivity contribution in [1.29, 1.82) is 0 Å². The van der Waals surface area contributed by atoms with Crippen LogP contribution in [0.15, 0.2) is 53.1 Å². The van der Waals surface area contributed by atoms with E-state index in [0.717, 1.165) is 25.9 Å². The Kier molecular flexibility index (Phi) is 5.72. The Hall–Kier alpha value is -2.76. The third-order valence-electron chi connectivity index (χ3n) is 4.38. The van der Waals surface area contributed by atoms with Crippen LogP contribution in [0.4, 0.5) is 4.79 Å². The molecule has 6 nitrogen and oxygen atoms in total. The molecule has 1 aromatic carbocycles. The first-order valence-corrected chi connectivity index (χ1v) is 8.56. The molecule has 6 heteroatoms. The van der Waals surface area contributed by atoms with Crippen molar-refractivity contribution < 1.29 is 14.0 Å². The van der Waals surface area contributed by atoms with Gasteiger partial charge in [-0.1, -0.05) is 30.3 Å². The fourth-order valence-corrected chi connectivity index (χ4v) is 3.06. The lowest BCUT2D eigenvalue weighted by atomic mass is 9.99. The summed E-state index contributed by atoms with van der Waals surface area (Å²) in [6.07, 6.45) is 3.53. The van der Waals surface area contributed by atoms with Crippen molar-refractivity contribution in [2.45, 2.75) is 19.4 Å². The molecular formula is C19H23N3O3. The van der Waals surface area contributed by atoms with E-state index in [1.807, 2.05) is 18.2 Å². The molecule has 1 aliphatic heterocycles. The lowest BCUT2D eigenvalue weighted by Gasteiger charge is -2.17. The van der Waals surface area contributed by atoms with Gasteiger partial charge in [0.2, 0.25) is 5.91 Å². The largest absolute Gasteiger partial charge is 0.467 e. The van der Waals surface area contributed by atoms with Gasteiger partial charge in [0.25, 0.3) is 0 Å². The van der Waals surface area contributed by atoms with Gasteiger partial charge in [-0.05, 0) is 36.5 Å². The molecule has 0 radical (unpaired) electrons. The van der Waals surface area contributed by atoms with Crippen LogP contribution in [0, 0.1) is 5.92 Å². The van der Waals surface area contributed by atoms with Crippen LogP contribution in [0.2, 0.25) is 0 Å². The number of urea groups is 1. The first-order valence-electron chi connectivity index (χ1n) is 8.56. The summed E-state index contributed by atoms with van der Waals surface area (Å²) in [6, 6.07) is 13.7. The van der Waals surface area contributed by atoms with Gasteiger partial charge in [0, 0.05) is 13.1 Å². The normalized spacial score (nSPS) is 16.6. The molecule has 2 aromatic rings. The van der Waals surface area contributed by atoms with Gasteiger partial charge in [-0.2, -0.15) is 0 Å². The Morgan fingerprint density at radius 1 is 1.12 bits per heavy atom. The fourth-order valence-electron chi connectivity index (χ4n) is 3.06. The molecule has 1 unspecified atom stereocenters. The third-order valence-corrected chi connectivity index (χ3v) is 4.38. The predicted octanol–water partition coefficient (Wildman–Crippen LogP) is 2.17. The Bertz CT molecular complexity index is 685. The van der Waals surface area contributed by atoms with E-state index in [1.54, 1.807) is 23.3 Å². The maximum absolute atomic E-state index is 12.2. The Morgan fingerprint density at radius 2 is 1.96 bits per heavy atom. The van der Waals surface area contributed by atoms with E-state index in [4.69, 9.17) is 4.42 Å². The highest BCUT2D eigenvalue weighted by molar-refractivity contribution is 5.84. The SMILES string of the molecule is O=C(CNC(=O)N1CCC(Cc2ccccc2)C1)NCc1ccco1. The summed E-state index contributed by atoms with van der Waals surface area (Å²) in [4.78, 5) is 25.8. The number of nitrogens with zero attached hydrogens (tertiary/aromatic N) is 1. The molecule has 2 N–H and O–H groups in total. The van der Waals surface area contributed by atoms with Gasteiger partial charge < -0.3 is 20.0 Å².